The number of aromatic nitrogens is 2. The van der Waals surface area contributed by atoms with Gasteiger partial charge in [-0.25, -0.2) is 0 Å². The van der Waals surface area contributed by atoms with E-state index in [4.69, 9.17) is 0 Å². The second-order valence-electron chi connectivity index (χ2n) is 11.7. The van der Waals surface area contributed by atoms with E-state index >= 15 is 0 Å². The number of fused-ring (bicyclic) bond motifs is 6. The van der Waals surface area contributed by atoms with Crippen molar-refractivity contribution < 1.29 is 0 Å². The van der Waals surface area contributed by atoms with E-state index in [2.05, 4.69) is 161 Å². The average molecular weight is 573 g/mol. The summed E-state index contributed by atoms with van der Waals surface area (Å²) in [4.78, 5) is 4.52. The molecule has 9 aromatic rings. The van der Waals surface area contributed by atoms with Gasteiger partial charge in [0.15, 0.2) is 0 Å². The van der Waals surface area contributed by atoms with E-state index < -0.39 is 0 Å². The van der Waals surface area contributed by atoms with Gasteiger partial charge in [-0.05, 0) is 80.9 Å². The summed E-state index contributed by atoms with van der Waals surface area (Å²) in [6.07, 6.45) is 1.84. The first kappa shape index (κ1) is 25.5. The second-order valence-corrected chi connectivity index (χ2v) is 11.7. The fourth-order valence-electron chi connectivity index (χ4n) is 6.78. The Morgan fingerprint density at radius 1 is 0.378 bits per heavy atom. The molecule has 0 bridgehead atoms. The first-order valence-corrected chi connectivity index (χ1v) is 15.4. The van der Waals surface area contributed by atoms with Gasteiger partial charge in [0, 0.05) is 33.6 Å². The Morgan fingerprint density at radius 2 is 0.978 bits per heavy atom. The van der Waals surface area contributed by atoms with Gasteiger partial charge >= 0.3 is 0 Å². The molecule has 0 saturated carbocycles. The highest BCUT2D eigenvalue weighted by Gasteiger charge is 2.16. The van der Waals surface area contributed by atoms with Crippen LogP contribution in [0.4, 0.5) is 0 Å². The van der Waals surface area contributed by atoms with Gasteiger partial charge in [0.1, 0.15) is 0 Å². The third kappa shape index (κ3) is 4.30. The summed E-state index contributed by atoms with van der Waals surface area (Å²) in [6, 6.07) is 59.1. The summed E-state index contributed by atoms with van der Waals surface area (Å²) in [5, 5.41) is 7.52. The maximum atomic E-state index is 4.52. The van der Waals surface area contributed by atoms with Crippen molar-refractivity contribution in [3.63, 3.8) is 0 Å². The summed E-state index contributed by atoms with van der Waals surface area (Å²) in [5.41, 5.74) is 10.5. The molecular formula is C43H28N2. The molecule has 210 valence electrons. The minimum absolute atomic E-state index is 0.986. The molecule has 2 heterocycles. The zero-order chi connectivity index (χ0) is 29.7. The zero-order valence-corrected chi connectivity index (χ0v) is 24.6. The van der Waals surface area contributed by atoms with Gasteiger partial charge in [0.2, 0.25) is 0 Å². The molecule has 0 aliphatic carbocycles. The number of para-hydroxylation sites is 1. The van der Waals surface area contributed by atoms with E-state index in [0.717, 1.165) is 16.9 Å². The molecule has 0 N–H and O–H groups in total. The molecule has 0 atom stereocenters. The molecule has 0 amide bonds. The van der Waals surface area contributed by atoms with Gasteiger partial charge in [-0.3, -0.25) is 4.98 Å². The maximum Gasteiger partial charge on any atom is 0.0701 e. The first-order valence-electron chi connectivity index (χ1n) is 15.4. The summed E-state index contributed by atoms with van der Waals surface area (Å²) in [7, 11) is 0. The van der Waals surface area contributed by atoms with E-state index in [1.807, 2.05) is 18.3 Å². The van der Waals surface area contributed by atoms with Crippen LogP contribution in [0.5, 0.6) is 0 Å². The molecule has 0 radical (unpaired) electrons. The SMILES string of the molecule is c1ccc(-n2c3cc(-c4ccc(-c5ccccn5)cc4)ccc3c3ccc4cc(-c5ccc6ccccc6c5)ccc4c32)cc1. The minimum atomic E-state index is 0.986. The topological polar surface area (TPSA) is 17.8 Å². The molecule has 9 rings (SSSR count). The van der Waals surface area contributed by atoms with Crippen molar-refractivity contribution >= 4 is 43.4 Å². The van der Waals surface area contributed by atoms with Crippen molar-refractivity contribution in [1.82, 2.24) is 9.55 Å². The molecule has 2 heteroatoms. The van der Waals surface area contributed by atoms with Gasteiger partial charge in [0.05, 0.1) is 16.7 Å². The van der Waals surface area contributed by atoms with Crippen LogP contribution in [-0.2, 0) is 0 Å². The van der Waals surface area contributed by atoms with Gasteiger partial charge in [0.25, 0.3) is 0 Å². The van der Waals surface area contributed by atoms with Crippen LogP contribution in [0, 0.1) is 0 Å². The number of rotatable bonds is 4. The molecule has 2 aromatic heterocycles. The molecule has 0 unspecified atom stereocenters. The van der Waals surface area contributed by atoms with Crippen LogP contribution in [0.25, 0.3) is 82.5 Å². The van der Waals surface area contributed by atoms with Crippen LogP contribution < -0.4 is 0 Å². The quantitative estimate of drug-likeness (QED) is 0.205. The Balaban J connectivity index is 1.23. The number of benzene rings is 7. The number of hydrogen-bond acceptors (Lipinski definition) is 1. The Hall–Kier alpha value is -5.99. The zero-order valence-electron chi connectivity index (χ0n) is 24.6. The van der Waals surface area contributed by atoms with Crippen LogP contribution >= 0.6 is 0 Å². The van der Waals surface area contributed by atoms with Crippen molar-refractivity contribution in [3.8, 4) is 39.2 Å². The second kappa shape index (κ2) is 10.3. The lowest BCUT2D eigenvalue weighted by molar-refractivity contribution is 1.19. The monoisotopic (exact) mass is 572 g/mol. The third-order valence-electron chi connectivity index (χ3n) is 9.02. The van der Waals surface area contributed by atoms with Crippen molar-refractivity contribution in [3.05, 3.63) is 170 Å². The third-order valence-corrected chi connectivity index (χ3v) is 9.02. The molecule has 7 aromatic carbocycles. The highest BCUT2D eigenvalue weighted by molar-refractivity contribution is 6.19. The normalized spacial score (nSPS) is 11.6. The van der Waals surface area contributed by atoms with Crippen LogP contribution in [0.1, 0.15) is 0 Å². The molecule has 45 heavy (non-hydrogen) atoms. The summed E-state index contributed by atoms with van der Waals surface area (Å²) in [6.45, 7) is 0. The van der Waals surface area contributed by atoms with E-state index in [-0.39, 0.29) is 0 Å². The molecule has 0 aliphatic rings. The van der Waals surface area contributed by atoms with Gasteiger partial charge in [-0.2, -0.15) is 0 Å². The van der Waals surface area contributed by atoms with Crippen molar-refractivity contribution in [1.29, 1.82) is 0 Å². The van der Waals surface area contributed by atoms with Crippen LogP contribution in [-0.4, -0.2) is 9.55 Å². The maximum absolute atomic E-state index is 4.52. The number of pyridine rings is 1. The smallest absolute Gasteiger partial charge is 0.0701 e. The van der Waals surface area contributed by atoms with E-state index in [1.54, 1.807) is 0 Å². The van der Waals surface area contributed by atoms with Crippen LogP contribution in [0.15, 0.2) is 170 Å². The first-order chi connectivity index (χ1) is 22.3. The predicted molar refractivity (Wildman–Crippen MR) is 190 cm³/mol. The van der Waals surface area contributed by atoms with Crippen LogP contribution in [0.3, 0.4) is 0 Å². The fourth-order valence-corrected chi connectivity index (χ4v) is 6.78. The Morgan fingerprint density at radius 3 is 1.78 bits per heavy atom. The number of hydrogen-bond donors (Lipinski definition) is 0. The minimum Gasteiger partial charge on any atom is -0.309 e. The number of nitrogens with zero attached hydrogens (tertiary/aromatic N) is 2. The summed E-state index contributed by atoms with van der Waals surface area (Å²) >= 11 is 0. The van der Waals surface area contributed by atoms with E-state index in [9.17, 15) is 0 Å². The summed E-state index contributed by atoms with van der Waals surface area (Å²) in [5.74, 6) is 0. The fraction of sp³-hybridized carbons (Fsp3) is 0. The molecule has 0 saturated heterocycles. The lowest BCUT2D eigenvalue weighted by Crippen LogP contribution is -1.94. The van der Waals surface area contributed by atoms with E-state index in [0.29, 0.717) is 0 Å². The molecular weight excluding hydrogens is 544 g/mol. The molecule has 0 aliphatic heterocycles. The van der Waals surface area contributed by atoms with Gasteiger partial charge in [-0.1, -0.05) is 121 Å². The summed E-state index contributed by atoms with van der Waals surface area (Å²) < 4.78 is 2.44. The Kier molecular flexibility index (Phi) is 5.85. The largest absolute Gasteiger partial charge is 0.309 e. The van der Waals surface area contributed by atoms with Crippen LogP contribution in [0.2, 0.25) is 0 Å². The van der Waals surface area contributed by atoms with Gasteiger partial charge in [-0.15, -0.1) is 0 Å². The highest BCUT2D eigenvalue weighted by Crippen LogP contribution is 2.39. The average Bonchev–Trinajstić information content (AvgIpc) is 3.46. The molecule has 2 nitrogen and oxygen atoms in total. The highest BCUT2D eigenvalue weighted by atomic mass is 15.0. The Labute approximate surface area is 261 Å². The molecule has 0 fully saturated rings. The standard InChI is InChI=1S/C43H28N2/c1-2-10-37(11-3-1)45-42-28-35(30-13-16-31(17-14-30)41-12-6-7-25-44-41)20-23-39(42)40-24-21-36-27-34(19-22-38(36)43(40)45)33-18-15-29-8-4-5-9-32(29)26-33/h1-28H. The molecule has 0 spiro atoms. The van der Waals surface area contributed by atoms with Gasteiger partial charge < -0.3 is 4.57 Å². The van der Waals surface area contributed by atoms with Crippen molar-refractivity contribution in [2.75, 3.05) is 0 Å². The predicted octanol–water partition coefficient (Wildman–Crippen LogP) is 11.5. The Bertz CT molecular complexity index is 2510. The lowest BCUT2D eigenvalue weighted by atomic mass is 9.97. The van der Waals surface area contributed by atoms with E-state index in [1.165, 1.54) is 65.6 Å². The lowest BCUT2D eigenvalue weighted by Gasteiger charge is -2.12. The van der Waals surface area contributed by atoms with Crippen molar-refractivity contribution in [2.24, 2.45) is 0 Å². The van der Waals surface area contributed by atoms with Crippen molar-refractivity contribution in [2.45, 2.75) is 0 Å².